The Morgan fingerprint density at radius 1 is 1.32 bits per heavy atom. The molecule has 1 atom stereocenters. The Bertz CT molecular complexity index is 521. The van der Waals surface area contributed by atoms with E-state index < -0.39 is 0 Å². The molecule has 0 aliphatic heterocycles. The Hall–Kier alpha value is -1.32. The van der Waals surface area contributed by atoms with E-state index in [1.54, 1.807) is 7.11 Å². The van der Waals surface area contributed by atoms with Crippen molar-refractivity contribution in [2.45, 2.75) is 26.3 Å². The molecule has 0 aliphatic rings. The molecular formula is C16H21NOS. The first-order valence-corrected chi connectivity index (χ1v) is 7.55. The highest BCUT2D eigenvalue weighted by Gasteiger charge is 2.17. The summed E-state index contributed by atoms with van der Waals surface area (Å²) >= 11 is 1.81. The van der Waals surface area contributed by atoms with E-state index in [0.29, 0.717) is 0 Å². The van der Waals surface area contributed by atoms with Crippen molar-refractivity contribution in [1.82, 2.24) is 5.32 Å². The molecule has 0 spiro atoms. The highest BCUT2D eigenvalue weighted by molar-refractivity contribution is 7.10. The number of hydrogen-bond donors (Lipinski definition) is 1. The second-order valence-electron chi connectivity index (χ2n) is 4.63. The predicted octanol–water partition coefficient (Wildman–Crippen LogP) is 4.15. The Morgan fingerprint density at radius 2 is 2.16 bits per heavy atom. The molecule has 1 N–H and O–H groups in total. The molecule has 0 bridgehead atoms. The summed E-state index contributed by atoms with van der Waals surface area (Å²) in [5, 5.41) is 5.79. The first kappa shape index (κ1) is 14.1. The third-order valence-corrected chi connectivity index (χ3v) is 4.27. The minimum Gasteiger partial charge on any atom is -0.497 e. The molecule has 2 nitrogen and oxygen atoms in total. The lowest BCUT2D eigenvalue weighted by Gasteiger charge is -2.19. The van der Waals surface area contributed by atoms with Gasteiger partial charge in [0.15, 0.2) is 0 Å². The zero-order valence-electron chi connectivity index (χ0n) is 11.8. The van der Waals surface area contributed by atoms with Crippen molar-refractivity contribution >= 4 is 11.3 Å². The Kier molecular flexibility index (Phi) is 5.00. The lowest BCUT2D eigenvalue weighted by Crippen LogP contribution is -2.23. The van der Waals surface area contributed by atoms with E-state index in [0.717, 1.165) is 18.7 Å². The van der Waals surface area contributed by atoms with E-state index in [1.807, 2.05) is 17.4 Å². The summed E-state index contributed by atoms with van der Waals surface area (Å²) in [6, 6.07) is 10.8. The van der Waals surface area contributed by atoms with Crippen LogP contribution in [-0.4, -0.2) is 13.7 Å². The van der Waals surface area contributed by atoms with Crippen LogP contribution in [0.4, 0.5) is 0 Å². The fourth-order valence-electron chi connectivity index (χ4n) is 2.15. The smallest absolute Gasteiger partial charge is 0.119 e. The average Bonchev–Trinajstić information content (AvgIpc) is 2.86. The van der Waals surface area contributed by atoms with Crippen LogP contribution in [0.1, 0.15) is 35.4 Å². The maximum Gasteiger partial charge on any atom is 0.119 e. The molecule has 1 aromatic heterocycles. The van der Waals surface area contributed by atoms with Gasteiger partial charge < -0.3 is 10.1 Å². The van der Waals surface area contributed by atoms with E-state index in [-0.39, 0.29) is 6.04 Å². The molecule has 102 valence electrons. The van der Waals surface area contributed by atoms with Gasteiger partial charge in [-0.15, -0.1) is 11.3 Å². The Labute approximate surface area is 119 Å². The number of aryl methyl sites for hydroxylation is 1. The molecule has 19 heavy (non-hydrogen) atoms. The number of methoxy groups -OCH3 is 1. The SMILES string of the molecule is CCCNC(c1cccc(OC)c1)c1sccc1C. The largest absolute Gasteiger partial charge is 0.497 e. The zero-order valence-corrected chi connectivity index (χ0v) is 12.6. The molecule has 0 fully saturated rings. The van der Waals surface area contributed by atoms with Gasteiger partial charge in [0.05, 0.1) is 13.2 Å². The molecular weight excluding hydrogens is 254 g/mol. The Morgan fingerprint density at radius 3 is 2.79 bits per heavy atom. The summed E-state index contributed by atoms with van der Waals surface area (Å²) in [7, 11) is 1.71. The van der Waals surface area contributed by atoms with E-state index in [9.17, 15) is 0 Å². The second-order valence-corrected chi connectivity index (χ2v) is 5.58. The summed E-state index contributed by atoms with van der Waals surface area (Å²) < 4.78 is 5.33. The molecule has 0 radical (unpaired) electrons. The summed E-state index contributed by atoms with van der Waals surface area (Å²) in [6.45, 7) is 5.38. The van der Waals surface area contributed by atoms with E-state index in [4.69, 9.17) is 4.74 Å². The maximum atomic E-state index is 5.33. The molecule has 0 amide bonds. The van der Waals surface area contributed by atoms with Gasteiger partial charge >= 0.3 is 0 Å². The molecule has 1 heterocycles. The first-order valence-electron chi connectivity index (χ1n) is 6.67. The van der Waals surface area contributed by atoms with Crippen molar-refractivity contribution in [3.8, 4) is 5.75 Å². The normalized spacial score (nSPS) is 12.4. The van der Waals surface area contributed by atoms with Gasteiger partial charge in [-0.05, 0) is 54.6 Å². The third-order valence-electron chi connectivity index (χ3n) is 3.19. The molecule has 2 rings (SSSR count). The number of nitrogens with one attached hydrogen (secondary N) is 1. The number of thiophene rings is 1. The quantitative estimate of drug-likeness (QED) is 0.855. The Balaban J connectivity index is 2.34. The van der Waals surface area contributed by atoms with E-state index in [1.165, 1.54) is 16.0 Å². The molecule has 1 aromatic carbocycles. The summed E-state index contributed by atoms with van der Waals surface area (Å²) in [5.41, 5.74) is 2.61. The number of rotatable bonds is 6. The standard InChI is InChI=1S/C16H21NOS/c1-4-9-17-15(16-12(2)8-10-19-16)13-6-5-7-14(11-13)18-3/h5-8,10-11,15,17H,4,9H2,1-3H3. The average molecular weight is 275 g/mol. The fourth-order valence-corrected chi connectivity index (χ4v) is 3.18. The van der Waals surface area contributed by atoms with Gasteiger partial charge in [0.1, 0.15) is 5.75 Å². The van der Waals surface area contributed by atoms with Crippen LogP contribution in [0.2, 0.25) is 0 Å². The van der Waals surface area contributed by atoms with Gasteiger partial charge in [0, 0.05) is 4.88 Å². The van der Waals surface area contributed by atoms with E-state index >= 15 is 0 Å². The fraction of sp³-hybridized carbons (Fsp3) is 0.375. The van der Waals surface area contributed by atoms with Crippen LogP contribution in [0.25, 0.3) is 0 Å². The number of ether oxygens (including phenoxy) is 1. The van der Waals surface area contributed by atoms with Crippen LogP contribution in [0.5, 0.6) is 5.75 Å². The number of benzene rings is 1. The molecule has 0 saturated heterocycles. The van der Waals surface area contributed by atoms with Gasteiger partial charge in [-0.2, -0.15) is 0 Å². The molecule has 1 unspecified atom stereocenters. The molecule has 2 aromatic rings. The topological polar surface area (TPSA) is 21.3 Å². The lowest BCUT2D eigenvalue weighted by molar-refractivity contribution is 0.413. The van der Waals surface area contributed by atoms with Crippen LogP contribution in [-0.2, 0) is 0 Å². The van der Waals surface area contributed by atoms with Gasteiger partial charge in [-0.25, -0.2) is 0 Å². The first-order chi connectivity index (χ1) is 9.26. The highest BCUT2D eigenvalue weighted by atomic mass is 32.1. The maximum absolute atomic E-state index is 5.33. The molecule has 0 saturated carbocycles. The van der Waals surface area contributed by atoms with Crippen molar-refractivity contribution < 1.29 is 4.74 Å². The van der Waals surface area contributed by atoms with Crippen molar-refractivity contribution in [1.29, 1.82) is 0 Å². The number of hydrogen-bond acceptors (Lipinski definition) is 3. The van der Waals surface area contributed by atoms with Crippen molar-refractivity contribution in [3.63, 3.8) is 0 Å². The van der Waals surface area contributed by atoms with Crippen LogP contribution in [0, 0.1) is 6.92 Å². The van der Waals surface area contributed by atoms with Gasteiger partial charge in [-0.3, -0.25) is 0 Å². The monoisotopic (exact) mass is 275 g/mol. The summed E-state index contributed by atoms with van der Waals surface area (Å²) in [6.07, 6.45) is 1.13. The van der Waals surface area contributed by atoms with Gasteiger partial charge in [0.25, 0.3) is 0 Å². The van der Waals surface area contributed by atoms with Gasteiger partial charge in [0.2, 0.25) is 0 Å². The van der Waals surface area contributed by atoms with Crippen LogP contribution >= 0.6 is 11.3 Å². The van der Waals surface area contributed by atoms with E-state index in [2.05, 4.69) is 48.8 Å². The highest BCUT2D eigenvalue weighted by Crippen LogP contribution is 2.31. The van der Waals surface area contributed by atoms with Crippen molar-refractivity contribution in [3.05, 3.63) is 51.7 Å². The minimum absolute atomic E-state index is 0.259. The molecule has 0 aliphatic carbocycles. The van der Waals surface area contributed by atoms with Crippen LogP contribution < -0.4 is 10.1 Å². The minimum atomic E-state index is 0.259. The van der Waals surface area contributed by atoms with Crippen LogP contribution in [0.3, 0.4) is 0 Å². The third kappa shape index (κ3) is 3.37. The van der Waals surface area contributed by atoms with Crippen LogP contribution in [0.15, 0.2) is 35.7 Å². The van der Waals surface area contributed by atoms with Crippen molar-refractivity contribution in [2.75, 3.05) is 13.7 Å². The summed E-state index contributed by atoms with van der Waals surface area (Å²) in [5.74, 6) is 0.912. The lowest BCUT2D eigenvalue weighted by atomic mass is 10.0. The summed E-state index contributed by atoms with van der Waals surface area (Å²) in [4.78, 5) is 1.39. The predicted molar refractivity (Wildman–Crippen MR) is 82.2 cm³/mol. The van der Waals surface area contributed by atoms with Crippen molar-refractivity contribution in [2.24, 2.45) is 0 Å². The molecule has 3 heteroatoms. The van der Waals surface area contributed by atoms with Gasteiger partial charge in [-0.1, -0.05) is 19.1 Å². The zero-order chi connectivity index (χ0) is 13.7. The second kappa shape index (κ2) is 6.73.